The largest absolute Gasteiger partial charge is 0.481 e. The fourth-order valence-corrected chi connectivity index (χ4v) is 3.15. The minimum absolute atomic E-state index is 0.0817. The summed E-state index contributed by atoms with van der Waals surface area (Å²) in [5.74, 6) is 0.467. The summed E-state index contributed by atoms with van der Waals surface area (Å²) in [6.07, 6.45) is 1.75. The minimum atomic E-state index is -0.884. The lowest BCUT2D eigenvalue weighted by Crippen LogP contribution is -2.04. The zero-order valence-electron chi connectivity index (χ0n) is 10.8. The molecule has 0 bridgehead atoms. The highest BCUT2D eigenvalue weighted by molar-refractivity contribution is 7.15. The number of imidazole rings is 1. The van der Waals surface area contributed by atoms with Crippen molar-refractivity contribution in [3.05, 3.63) is 35.5 Å². The first-order valence-corrected chi connectivity index (χ1v) is 7.16. The molecule has 1 aliphatic heterocycles. The lowest BCUT2D eigenvalue weighted by Gasteiger charge is -2.03. The minimum Gasteiger partial charge on any atom is -0.481 e. The number of fused-ring (bicyclic) bond motifs is 2. The van der Waals surface area contributed by atoms with Gasteiger partial charge in [0.15, 0.2) is 16.5 Å². The first kappa shape index (κ1) is 12.2. The van der Waals surface area contributed by atoms with E-state index in [1.807, 2.05) is 34.2 Å². The molecule has 106 valence electrons. The van der Waals surface area contributed by atoms with E-state index in [2.05, 4.69) is 4.98 Å². The highest BCUT2D eigenvalue weighted by Crippen LogP contribution is 2.37. The Kier molecular flexibility index (Phi) is 2.61. The Balaban J connectivity index is 1.89. The van der Waals surface area contributed by atoms with Crippen molar-refractivity contribution in [2.24, 2.45) is 0 Å². The van der Waals surface area contributed by atoms with Crippen LogP contribution in [0.5, 0.6) is 11.5 Å². The number of carboxylic acids is 1. The number of carboxylic acid groups (broad SMARTS) is 1. The van der Waals surface area contributed by atoms with Crippen LogP contribution in [-0.4, -0.2) is 27.3 Å². The molecule has 0 atom stereocenters. The standard InChI is InChI=1S/C14H10N2O4S/c17-12(18)6-9-13(15-14-16(9)3-4-21-14)8-1-2-10-11(5-8)20-7-19-10/h1-5H,6-7H2,(H,17,18). The normalized spacial score (nSPS) is 13.0. The number of rotatable bonds is 3. The van der Waals surface area contributed by atoms with Gasteiger partial charge in [0.2, 0.25) is 6.79 Å². The predicted octanol–water partition coefficient (Wildman–Crippen LogP) is 2.42. The number of aromatic nitrogens is 2. The van der Waals surface area contributed by atoms with Crippen LogP contribution in [0.15, 0.2) is 29.8 Å². The third-order valence-corrected chi connectivity index (χ3v) is 4.08. The zero-order valence-corrected chi connectivity index (χ0v) is 11.6. The molecule has 0 aliphatic carbocycles. The van der Waals surface area contributed by atoms with Gasteiger partial charge >= 0.3 is 5.97 Å². The van der Waals surface area contributed by atoms with Gasteiger partial charge in [-0.15, -0.1) is 11.3 Å². The van der Waals surface area contributed by atoms with Crippen molar-refractivity contribution in [3.8, 4) is 22.8 Å². The Morgan fingerprint density at radius 3 is 3.10 bits per heavy atom. The van der Waals surface area contributed by atoms with Gasteiger partial charge in [-0.3, -0.25) is 9.20 Å². The Bertz CT molecular complexity index is 852. The van der Waals surface area contributed by atoms with E-state index < -0.39 is 5.97 Å². The second kappa shape index (κ2) is 4.49. The van der Waals surface area contributed by atoms with E-state index in [0.29, 0.717) is 22.9 Å². The molecule has 6 nitrogen and oxygen atoms in total. The summed E-state index contributed by atoms with van der Waals surface area (Å²) in [6, 6.07) is 5.51. The van der Waals surface area contributed by atoms with Gasteiger partial charge in [0.1, 0.15) is 0 Å². The molecule has 2 aromatic heterocycles. The van der Waals surface area contributed by atoms with Crippen LogP contribution >= 0.6 is 11.3 Å². The van der Waals surface area contributed by atoms with Gasteiger partial charge in [-0.05, 0) is 18.2 Å². The second-order valence-corrected chi connectivity index (χ2v) is 5.47. The third kappa shape index (κ3) is 1.93. The van der Waals surface area contributed by atoms with Gasteiger partial charge in [0.25, 0.3) is 0 Å². The summed E-state index contributed by atoms with van der Waals surface area (Å²) in [7, 11) is 0. The molecule has 1 aromatic carbocycles. The number of benzene rings is 1. The van der Waals surface area contributed by atoms with Crippen LogP contribution in [0, 0.1) is 0 Å². The first-order chi connectivity index (χ1) is 10.2. The van der Waals surface area contributed by atoms with Crippen LogP contribution in [0.25, 0.3) is 16.2 Å². The Hall–Kier alpha value is -2.54. The summed E-state index contributed by atoms with van der Waals surface area (Å²) in [5.41, 5.74) is 2.16. The summed E-state index contributed by atoms with van der Waals surface area (Å²) < 4.78 is 12.5. The number of carbonyl (C=O) groups is 1. The van der Waals surface area contributed by atoms with E-state index in [1.54, 1.807) is 0 Å². The average molecular weight is 302 g/mol. The maximum atomic E-state index is 11.1. The van der Waals surface area contributed by atoms with Gasteiger partial charge in [-0.2, -0.15) is 0 Å². The molecule has 4 rings (SSSR count). The summed E-state index contributed by atoms with van der Waals surface area (Å²) in [6.45, 7) is 0.207. The number of thiazole rings is 1. The van der Waals surface area contributed by atoms with Gasteiger partial charge in [0.05, 0.1) is 17.8 Å². The van der Waals surface area contributed by atoms with E-state index in [9.17, 15) is 4.79 Å². The van der Waals surface area contributed by atoms with Crippen LogP contribution in [0.4, 0.5) is 0 Å². The maximum Gasteiger partial charge on any atom is 0.309 e. The Labute approximate surface area is 123 Å². The SMILES string of the molecule is O=C(O)Cc1c(-c2ccc3c(c2)OCO3)nc2sccn12. The first-order valence-electron chi connectivity index (χ1n) is 6.28. The van der Waals surface area contributed by atoms with Crippen LogP contribution in [-0.2, 0) is 11.2 Å². The zero-order chi connectivity index (χ0) is 14.4. The monoisotopic (exact) mass is 302 g/mol. The fraction of sp³-hybridized carbons (Fsp3) is 0.143. The van der Waals surface area contributed by atoms with Crippen LogP contribution in [0.2, 0.25) is 0 Å². The number of hydrogen-bond donors (Lipinski definition) is 1. The molecular weight excluding hydrogens is 292 g/mol. The van der Waals surface area contributed by atoms with E-state index in [-0.39, 0.29) is 13.2 Å². The third-order valence-electron chi connectivity index (χ3n) is 3.33. The quantitative estimate of drug-likeness (QED) is 0.804. The molecule has 0 saturated carbocycles. The molecule has 21 heavy (non-hydrogen) atoms. The lowest BCUT2D eigenvalue weighted by molar-refractivity contribution is -0.136. The van der Waals surface area contributed by atoms with Crippen molar-refractivity contribution in [1.29, 1.82) is 0 Å². The molecular formula is C14H10N2O4S. The van der Waals surface area contributed by atoms with E-state index in [1.165, 1.54) is 11.3 Å². The summed E-state index contributed by atoms with van der Waals surface area (Å²) >= 11 is 1.47. The molecule has 1 aliphatic rings. The smallest absolute Gasteiger partial charge is 0.309 e. The maximum absolute atomic E-state index is 11.1. The van der Waals surface area contributed by atoms with Crippen LogP contribution in [0.3, 0.4) is 0 Å². The topological polar surface area (TPSA) is 73.1 Å². The van der Waals surface area contributed by atoms with Crippen molar-refractivity contribution in [1.82, 2.24) is 9.38 Å². The lowest BCUT2D eigenvalue weighted by atomic mass is 10.1. The van der Waals surface area contributed by atoms with Crippen molar-refractivity contribution >= 4 is 22.3 Å². The second-order valence-electron chi connectivity index (χ2n) is 4.60. The van der Waals surface area contributed by atoms with E-state index >= 15 is 0 Å². The molecule has 0 unspecified atom stereocenters. The molecule has 7 heteroatoms. The molecule has 0 spiro atoms. The van der Waals surface area contributed by atoms with Gasteiger partial charge < -0.3 is 14.6 Å². The van der Waals surface area contributed by atoms with Gasteiger partial charge in [0, 0.05) is 17.1 Å². The van der Waals surface area contributed by atoms with Crippen molar-refractivity contribution < 1.29 is 19.4 Å². The number of ether oxygens (including phenoxy) is 2. The average Bonchev–Trinajstić information content (AvgIpc) is 3.14. The van der Waals surface area contributed by atoms with Gasteiger partial charge in [-0.25, -0.2) is 4.98 Å². The fourth-order valence-electron chi connectivity index (χ4n) is 2.42. The van der Waals surface area contributed by atoms with Crippen molar-refractivity contribution in [2.45, 2.75) is 6.42 Å². The van der Waals surface area contributed by atoms with Crippen molar-refractivity contribution in [3.63, 3.8) is 0 Å². The number of nitrogens with zero attached hydrogens (tertiary/aromatic N) is 2. The van der Waals surface area contributed by atoms with E-state index in [4.69, 9.17) is 14.6 Å². The molecule has 3 aromatic rings. The molecule has 3 heterocycles. The highest BCUT2D eigenvalue weighted by atomic mass is 32.1. The van der Waals surface area contributed by atoms with Crippen LogP contribution in [0.1, 0.15) is 5.69 Å². The summed E-state index contributed by atoms with van der Waals surface area (Å²) in [4.78, 5) is 16.4. The molecule has 0 saturated heterocycles. The van der Waals surface area contributed by atoms with Gasteiger partial charge in [-0.1, -0.05) is 0 Å². The molecule has 0 fully saturated rings. The predicted molar refractivity (Wildman–Crippen MR) is 76.0 cm³/mol. The van der Waals surface area contributed by atoms with Crippen LogP contribution < -0.4 is 9.47 Å². The molecule has 1 N–H and O–H groups in total. The Morgan fingerprint density at radius 2 is 2.24 bits per heavy atom. The Morgan fingerprint density at radius 1 is 1.38 bits per heavy atom. The van der Waals surface area contributed by atoms with E-state index in [0.717, 1.165) is 10.5 Å². The van der Waals surface area contributed by atoms with Crippen molar-refractivity contribution in [2.75, 3.05) is 6.79 Å². The highest BCUT2D eigenvalue weighted by Gasteiger charge is 2.20. The number of aliphatic carboxylic acids is 1. The molecule has 0 radical (unpaired) electrons. The summed E-state index contributed by atoms with van der Waals surface area (Å²) in [5, 5.41) is 11.0. The number of hydrogen-bond acceptors (Lipinski definition) is 5. The molecule has 0 amide bonds.